The van der Waals surface area contributed by atoms with Crippen LogP contribution in [0.25, 0.3) is 0 Å². The molecule has 0 aromatic heterocycles. The summed E-state index contributed by atoms with van der Waals surface area (Å²) in [5.74, 6) is 0.527. The van der Waals surface area contributed by atoms with Crippen molar-refractivity contribution in [3.63, 3.8) is 0 Å². The molecule has 0 rings (SSSR count). The molecule has 0 bridgehead atoms. The summed E-state index contributed by atoms with van der Waals surface area (Å²) in [4.78, 5) is 11.2. The Labute approximate surface area is 85.6 Å². The fourth-order valence-corrected chi connectivity index (χ4v) is 0.859. The van der Waals surface area contributed by atoms with Crippen molar-refractivity contribution in [2.75, 3.05) is 13.2 Å². The van der Waals surface area contributed by atoms with Crippen molar-refractivity contribution in [3.05, 3.63) is 0 Å². The van der Waals surface area contributed by atoms with Crippen LogP contribution < -0.4 is 5.32 Å². The number of amides is 1. The first-order valence-corrected chi connectivity index (χ1v) is 5.01. The number of carbonyl (C=O) groups is 1. The first-order valence-electron chi connectivity index (χ1n) is 5.01. The van der Waals surface area contributed by atoms with Crippen LogP contribution in [0, 0.1) is 11.8 Å². The van der Waals surface area contributed by atoms with Gasteiger partial charge in [-0.05, 0) is 11.8 Å². The number of nitrogens with one attached hydrogen (secondary N) is 1. The molecule has 0 fully saturated rings. The summed E-state index contributed by atoms with van der Waals surface area (Å²) in [6.45, 7) is 8.16. The van der Waals surface area contributed by atoms with Crippen LogP contribution in [0.1, 0.15) is 27.7 Å². The third-order valence-electron chi connectivity index (χ3n) is 1.85. The number of alkyl carbamates (subject to hydrolysis) is 1. The summed E-state index contributed by atoms with van der Waals surface area (Å²) >= 11 is 0. The van der Waals surface area contributed by atoms with Gasteiger partial charge < -0.3 is 15.2 Å². The van der Waals surface area contributed by atoms with Gasteiger partial charge in [-0.15, -0.1) is 0 Å². The van der Waals surface area contributed by atoms with Gasteiger partial charge in [0.15, 0.2) is 0 Å². The topological polar surface area (TPSA) is 58.6 Å². The molecule has 0 aromatic carbocycles. The van der Waals surface area contributed by atoms with Crippen molar-refractivity contribution in [2.45, 2.75) is 33.7 Å². The largest absolute Gasteiger partial charge is 0.449 e. The van der Waals surface area contributed by atoms with Gasteiger partial charge in [-0.2, -0.15) is 0 Å². The van der Waals surface area contributed by atoms with E-state index in [1.165, 1.54) is 0 Å². The van der Waals surface area contributed by atoms with Gasteiger partial charge >= 0.3 is 6.09 Å². The second-order valence-electron chi connectivity index (χ2n) is 4.17. The quantitative estimate of drug-likeness (QED) is 0.709. The maximum Gasteiger partial charge on any atom is 0.407 e. The predicted molar refractivity (Wildman–Crippen MR) is 55.0 cm³/mol. The zero-order valence-electron chi connectivity index (χ0n) is 9.41. The lowest BCUT2D eigenvalue weighted by atomic mass is 10.1. The minimum atomic E-state index is -0.452. The van der Waals surface area contributed by atoms with Gasteiger partial charge in [0.25, 0.3) is 0 Å². The molecule has 0 heterocycles. The number of rotatable bonds is 5. The van der Waals surface area contributed by atoms with Gasteiger partial charge in [-0.25, -0.2) is 4.79 Å². The van der Waals surface area contributed by atoms with E-state index >= 15 is 0 Å². The summed E-state index contributed by atoms with van der Waals surface area (Å²) < 4.78 is 4.92. The fraction of sp³-hybridized carbons (Fsp3) is 0.900. The lowest BCUT2D eigenvalue weighted by molar-refractivity contribution is 0.118. The number of aliphatic hydroxyl groups is 1. The molecule has 4 heteroatoms. The van der Waals surface area contributed by atoms with Crippen molar-refractivity contribution in [1.29, 1.82) is 0 Å². The van der Waals surface area contributed by atoms with Crippen LogP contribution >= 0.6 is 0 Å². The van der Waals surface area contributed by atoms with E-state index in [0.29, 0.717) is 12.5 Å². The lowest BCUT2D eigenvalue weighted by Gasteiger charge is -2.19. The minimum absolute atomic E-state index is 0.0611. The van der Waals surface area contributed by atoms with Crippen LogP contribution in [0.4, 0.5) is 4.79 Å². The highest BCUT2D eigenvalue weighted by Crippen LogP contribution is 2.01. The van der Waals surface area contributed by atoms with E-state index in [-0.39, 0.29) is 18.6 Å². The zero-order valence-corrected chi connectivity index (χ0v) is 9.41. The van der Waals surface area contributed by atoms with Crippen molar-refractivity contribution < 1.29 is 14.6 Å². The molecule has 2 N–H and O–H groups in total. The molecule has 0 spiro atoms. The molecule has 84 valence electrons. The highest BCUT2D eigenvalue weighted by molar-refractivity contribution is 5.67. The Kier molecular flexibility index (Phi) is 6.28. The van der Waals surface area contributed by atoms with Gasteiger partial charge in [-0.1, -0.05) is 27.7 Å². The monoisotopic (exact) mass is 203 g/mol. The number of carbonyl (C=O) groups excluding carboxylic acids is 1. The number of ether oxygens (including phenoxy) is 1. The smallest absolute Gasteiger partial charge is 0.407 e. The molecule has 0 saturated heterocycles. The van der Waals surface area contributed by atoms with E-state index < -0.39 is 6.09 Å². The molecule has 14 heavy (non-hydrogen) atoms. The first kappa shape index (κ1) is 13.2. The molecule has 0 radical (unpaired) electrons. The van der Waals surface area contributed by atoms with Crippen LogP contribution in [0.15, 0.2) is 0 Å². The highest BCUT2D eigenvalue weighted by atomic mass is 16.5. The molecule has 0 aliphatic heterocycles. The van der Waals surface area contributed by atoms with Gasteiger partial charge in [0.2, 0.25) is 0 Å². The molecule has 0 saturated carbocycles. The highest BCUT2D eigenvalue weighted by Gasteiger charge is 2.15. The molecule has 0 aliphatic rings. The summed E-state index contributed by atoms with van der Waals surface area (Å²) in [5, 5.41) is 11.6. The van der Waals surface area contributed by atoms with E-state index in [9.17, 15) is 4.79 Å². The SMILES string of the molecule is CC(C)COC(=O)N[C@H](CO)C(C)C. The van der Waals surface area contributed by atoms with Gasteiger partial charge in [0.1, 0.15) is 0 Å². The summed E-state index contributed by atoms with van der Waals surface area (Å²) in [7, 11) is 0. The molecule has 1 atom stereocenters. The Hall–Kier alpha value is -0.770. The van der Waals surface area contributed by atoms with Crippen LogP contribution in [-0.2, 0) is 4.74 Å². The van der Waals surface area contributed by atoms with Crippen LogP contribution in [0.3, 0.4) is 0 Å². The minimum Gasteiger partial charge on any atom is -0.449 e. The third kappa shape index (κ3) is 5.80. The Morgan fingerprint density at radius 1 is 1.36 bits per heavy atom. The van der Waals surface area contributed by atoms with E-state index in [4.69, 9.17) is 9.84 Å². The van der Waals surface area contributed by atoms with Crippen LogP contribution in [-0.4, -0.2) is 30.5 Å². The Balaban J connectivity index is 3.79. The molecule has 1 amide bonds. The Morgan fingerprint density at radius 3 is 2.29 bits per heavy atom. The Bertz CT molecular complexity index is 169. The summed E-state index contributed by atoms with van der Waals surface area (Å²) in [6, 6.07) is -0.227. The lowest BCUT2D eigenvalue weighted by Crippen LogP contribution is -2.41. The molecule has 4 nitrogen and oxygen atoms in total. The van der Waals surface area contributed by atoms with Crippen molar-refractivity contribution in [2.24, 2.45) is 11.8 Å². The van der Waals surface area contributed by atoms with E-state index in [2.05, 4.69) is 5.32 Å². The number of hydrogen-bond acceptors (Lipinski definition) is 3. The molecular formula is C10H21NO3. The number of hydrogen-bond donors (Lipinski definition) is 2. The maximum atomic E-state index is 11.2. The zero-order chi connectivity index (χ0) is 11.1. The van der Waals surface area contributed by atoms with Gasteiger partial charge in [0, 0.05) is 0 Å². The van der Waals surface area contributed by atoms with E-state index in [0.717, 1.165) is 0 Å². The normalized spacial score (nSPS) is 13.1. The maximum absolute atomic E-state index is 11.2. The predicted octanol–water partition coefficient (Wildman–Crippen LogP) is 1.39. The number of aliphatic hydroxyl groups excluding tert-OH is 1. The average molecular weight is 203 g/mol. The van der Waals surface area contributed by atoms with Crippen LogP contribution in [0.2, 0.25) is 0 Å². The van der Waals surface area contributed by atoms with Crippen molar-refractivity contribution in [1.82, 2.24) is 5.32 Å². The molecule has 0 aromatic rings. The van der Waals surface area contributed by atoms with Gasteiger partial charge in [-0.3, -0.25) is 0 Å². The van der Waals surface area contributed by atoms with E-state index in [1.807, 2.05) is 27.7 Å². The average Bonchev–Trinajstić information content (AvgIpc) is 2.10. The van der Waals surface area contributed by atoms with Crippen molar-refractivity contribution >= 4 is 6.09 Å². The molecule has 0 unspecified atom stereocenters. The fourth-order valence-electron chi connectivity index (χ4n) is 0.859. The van der Waals surface area contributed by atoms with Crippen molar-refractivity contribution in [3.8, 4) is 0 Å². The summed E-state index contributed by atoms with van der Waals surface area (Å²) in [5.41, 5.74) is 0. The van der Waals surface area contributed by atoms with Crippen LogP contribution in [0.5, 0.6) is 0 Å². The second kappa shape index (κ2) is 6.65. The first-order chi connectivity index (χ1) is 6.47. The van der Waals surface area contributed by atoms with Gasteiger partial charge in [0.05, 0.1) is 19.3 Å². The standard InChI is InChI=1S/C10H21NO3/c1-7(2)6-14-10(13)11-9(5-12)8(3)4/h7-9,12H,5-6H2,1-4H3,(H,11,13)/t9-/m1/s1. The Morgan fingerprint density at radius 2 is 1.93 bits per heavy atom. The second-order valence-corrected chi connectivity index (χ2v) is 4.17. The third-order valence-corrected chi connectivity index (χ3v) is 1.85. The summed E-state index contributed by atoms with van der Waals surface area (Å²) in [6.07, 6.45) is -0.452. The molecule has 0 aliphatic carbocycles. The van der Waals surface area contributed by atoms with E-state index in [1.54, 1.807) is 0 Å². The molecular weight excluding hydrogens is 182 g/mol.